The summed E-state index contributed by atoms with van der Waals surface area (Å²) in [6.07, 6.45) is 0. The molecule has 0 N–H and O–H groups in total. The lowest BCUT2D eigenvalue weighted by Gasteiger charge is -2.31. The van der Waals surface area contributed by atoms with Crippen molar-refractivity contribution in [1.82, 2.24) is 14.7 Å². The average Bonchev–Trinajstić information content (AvgIpc) is 2.74. The van der Waals surface area contributed by atoms with Gasteiger partial charge in [-0.05, 0) is 26.0 Å². The molecule has 7 nitrogen and oxygen atoms in total. The van der Waals surface area contributed by atoms with E-state index in [1.165, 1.54) is 12.0 Å². The Balaban J connectivity index is 1.90. The van der Waals surface area contributed by atoms with E-state index in [4.69, 9.17) is 4.74 Å². The van der Waals surface area contributed by atoms with Gasteiger partial charge in [0, 0.05) is 31.2 Å². The third-order valence-corrected chi connectivity index (χ3v) is 5.29. The van der Waals surface area contributed by atoms with E-state index in [1.54, 1.807) is 9.80 Å². The first kappa shape index (κ1) is 20.3. The van der Waals surface area contributed by atoms with E-state index in [-0.39, 0.29) is 36.3 Å². The molecule has 28 heavy (non-hydrogen) atoms. The number of ether oxygens (including phenoxy) is 1. The summed E-state index contributed by atoms with van der Waals surface area (Å²) in [7, 11) is 1.54. The number of nitrogens with zero attached hydrogens (tertiary/aromatic N) is 3. The average molecular weight is 387 g/mol. The summed E-state index contributed by atoms with van der Waals surface area (Å²) in [5.74, 6) is -0.352. The zero-order valence-electron chi connectivity index (χ0n) is 17.3. The standard InChI is InChI=1S/C21H29N3O4/c1-14-8-15(2)10-16(9-14)18(25)22-11-17-19(26)23(6-7-28-5)20(27)24(17)13-21(3,4)12-22/h8-10,17H,6-7,11-13H2,1-5H3. The highest BCUT2D eigenvalue weighted by Crippen LogP contribution is 2.30. The minimum absolute atomic E-state index is 0.0997. The topological polar surface area (TPSA) is 70.2 Å². The van der Waals surface area contributed by atoms with E-state index in [0.29, 0.717) is 25.3 Å². The van der Waals surface area contributed by atoms with E-state index in [0.717, 1.165) is 11.1 Å². The van der Waals surface area contributed by atoms with Crippen LogP contribution in [-0.2, 0) is 9.53 Å². The zero-order valence-corrected chi connectivity index (χ0v) is 17.3. The highest BCUT2D eigenvalue weighted by Gasteiger charge is 2.50. The Hall–Kier alpha value is -2.41. The lowest BCUT2D eigenvalue weighted by atomic mass is 9.92. The van der Waals surface area contributed by atoms with Gasteiger partial charge in [-0.25, -0.2) is 4.79 Å². The van der Waals surface area contributed by atoms with Gasteiger partial charge in [0.05, 0.1) is 19.7 Å². The van der Waals surface area contributed by atoms with Crippen molar-refractivity contribution in [2.45, 2.75) is 33.7 Å². The number of rotatable bonds is 4. The van der Waals surface area contributed by atoms with Crippen molar-refractivity contribution >= 4 is 17.8 Å². The highest BCUT2D eigenvalue weighted by molar-refractivity contribution is 6.05. The zero-order chi connectivity index (χ0) is 20.6. The molecule has 152 valence electrons. The minimum atomic E-state index is -0.638. The second kappa shape index (κ2) is 7.54. The lowest BCUT2D eigenvalue weighted by molar-refractivity contribution is -0.128. The quantitative estimate of drug-likeness (QED) is 0.742. The van der Waals surface area contributed by atoms with E-state index >= 15 is 0 Å². The Morgan fingerprint density at radius 1 is 1.14 bits per heavy atom. The van der Waals surface area contributed by atoms with Crippen molar-refractivity contribution in [1.29, 1.82) is 0 Å². The molecule has 7 heteroatoms. The van der Waals surface area contributed by atoms with E-state index in [1.807, 2.05) is 45.9 Å². The lowest BCUT2D eigenvalue weighted by Crippen LogP contribution is -2.44. The van der Waals surface area contributed by atoms with E-state index in [2.05, 4.69) is 0 Å². The molecule has 2 saturated heterocycles. The molecule has 1 atom stereocenters. The number of urea groups is 1. The Kier molecular flexibility index (Phi) is 5.48. The fourth-order valence-corrected chi connectivity index (χ4v) is 4.18. The summed E-state index contributed by atoms with van der Waals surface area (Å²) in [6.45, 7) is 9.63. The summed E-state index contributed by atoms with van der Waals surface area (Å²) < 4.78 is 5.03. The Bertz CT molecular complexity index is 785. The fraction of sp³-hybridized carbons (Fsp3) is 0.571. The molecule has 1 aromatic rings. The van der Waals surface area contributed by atoms with Gasteiger partial charge < -0.3 is 14.5 Å². The summed E-state index contributed by atoms with van der Waals surface area (Å²) >= 11 is 0. The first-order chi connectivity index (χ1) is 13.1. The summed E-state index contributed by atoms with van der Waals surface area (Å²) in [5.41, 5.74) is 2.35. The maximum absolute atomic E-state index is 13.3. The Morgan fingerprint density at radius 2 is 1.79 bits per heavy atom. The van der Waals surface area contributed by atoms with E-state index in [9.17, 15) is 14.4 Å². The van der Waals surface area contributed by atoms with Crippen molar-refractivity contribution in [2.24, 2.45) is 5.41 Å². The number of hydrogen-bond acceptors (Lipinski definition) is 4. The third kappa shape index (κ3) is 3.90. The van der Waals surface area contributed by atoms with Gasteiger partial charge in [0.2, 0.25) is 0 Å². The van der Waals surface area contributed by atoms with Crippen LogP contribution in [0, 0.1) is 19.3 Å². The number of aryl methyl sites for hydroxylation is 2. The molecule has 4 amide bonds. The second-order valence-corrected chi connectivity index (χ2v) is 8.64. The monoisotopic (exact) mass is 387 g/mol. The molecule has 3 rings (SSSR count). The molecule has 0 radical (unpaired) electrons. The van der Waals surface area contributed by atoms with Crippen LogP contribution < -0.4 is 0 Å². The molecule has 1 aromatic carbocycles. The second-order valence-electron chi connectivity index (χ2n) is 8.64. The highest BCUT2D eigenvalue weighted by atomic mass is 16.5. The number of carbonyl (C=O) groups is 3. The molecular weight excluding hydrogens is 358 g/mol. The van der Waals surface area contributed by atoms with Gasteiger partial charge in [-0.2, -0.15) is 0 Å². The smallest absolute Gasteiger partial charge is 0.327 e. The molecule has 1 unspecified atom stereocenters. The Labute approximate surface area is 166 Å². The predicted octanol–water partition coefficient (Wildman–Crippen LogP) is 2.06. The molecular formula is C21H29N3O4. The van der Waals surface area contributed by atoms with Crippen LogP contribution in [0.15, 0.2) is 18.2 Å². The maximum Gasteiger partial charge on any atom is 0.327 e. The van der Waals surface area contributed by atoms with Gasteiger partial charge in [0.15, 0.2) is 0 Å². The van der Waals surface area contributed by atoms with Gasteiger partial charge in [-0.1, -0.05) is 31.0 Å². The van der Waals surface area contributed by atoms with Gasteiger partial charge >= 0.3 is 6.03 Å². The number of amides is 4. The number of fused-ring (bicyclic) bond motifs is 1. The van der Waals surface area contributed by atoms with Crippen LogP contribution >= 0.6 is 0 Å². The molecule has 0 bridgehead atoms. The molecule has 0 aromatic heterocycles. The van der Waals surface area contributed by atoms with Crippen LogP contribution in [0.4, 0.5) is 4.79 Å². The number of benzene rings is 1. The predicted molar refractivity (Wildman–Crippen MR) is 105 cm³/mol. The normalized spacial score (nSPS) is 21.8. The van der Waals surface area contributed by atoms with Crippen LogP contribution in [0.3, 0.4) is 0 Å². The number of hydrogen-bond donors (Lipinski definition) is 0. The number of carbonyl (C=O) groups excluding carboxylic acids is 3. The van der Waals surface area contributed by atoms with Crippen molar-refractivity contribution in [3.63, 3.8) is 0 Å². The number of imide groups is 1. The minimum Gasteiger partial charge on any atom is -0.383 e. The molecule has 0 aliphatic carbocycles. The summed E-state index contributed by atoms with van der Waals surface area (Å²) in [4.78, 5) is 43.5. The number of methoxy groups -OCH3 is 1. The Morgan fingerprint density at radius 3 is 2.39 bits per heavy atom. The van der Waals surface area contributed by atoms with Gasteiger partial charge in [0.1, 0.15) is 6.04 Å². The van der Waals surface area contributed by atoms with Crippen molar-refractivity contribution < 1.29 is 19.1 Å². The SMILES string of the molecule is COCCN1C(=O)C2CN(C(=O)c3cc(C)cc(C)c3)CC(C)(C)CN2C1=O. The maximum atomic E-state index is 13.3. The van der Waals surface area contributed by atoms with Crippen molar-refractivity contribution in [3.05, 3.63) is 34.9 Å². The third-order valence-electron chi connectivity index (χ3n) is 5.29. The first-order valence-electron chi connectivity index (χ1n) is 9.61. The molecule has 2 fully saturated rings. The van der Waals surface area contributed by atoms with Gasteiger partial charge in [-0.15, -0.1) is 0 Å². The largest absolute Gasteiger partial charge is 0.383 e. The van der Waals surface area contributed by atoms with Crippen LogP contribution in [0.5, 0.6) is 0 Å². The molecule has 0 spiro atoms. The van der Waals surface area contributed by atoms with E-state index < -0.39 is 6.04 Å². The van der Waals surface area contributed by atoms with Gasteiger partial charge in [-0.3, -0.25) is 14.5 Å². The van der Waals surface area contributed by atoms with Gasteiger partial charge in [0.25, 0.3) is 11.8 Å². The summed E-state index contributed by atoms with van der Waals surface area (Å²) in [5, 5.41) is 0. The molecule has 2 aliphatic heterocycles. The van der Waals surface area contributed by atoms with Crippen LogP contribution in [0.1, 0.15) is 35.3 Å². The fourth-order valence-electron chi connectivity index (χ4n) is 4.18. The van der Waals surface area contributed by atoms with Crippen LogP contribution in [0.2, 0.25) is 0 Å². The summed E-state index contributed by atoms with van der Waals surface area (Å²) in [6, 6.07) is 4.84. The van der Waals surface area contributed by atoms with Crippen molar-refractivity contribution in [2.75, 3.05) is 39.9 Å². The molecule has 2 heterocycles. The molecule has 0 saturated carbocycles. The molecule has 2 aliphatic rings. The van der Waals surface area contributed by atoms with Crippen molar-refractivity contribution in [3.8, 4) is 0 Å². The van der Waals surface area contributed by atoms with Crippen LogP contribution in [0.25, 0.3) is 0 Å². The first-order valence-corrected chi connectivity index (χ1v) is 9.61. The van der Waals surface area contributed by atoms with Crippen LogP contribution in [-0.4, -0.2) is 78.5 Å².